The Bertz CT molecular complexity index is 621. The smallest absolute Gasteiger partial charge is 0.207 e. The summed E-state index contributed by atoms with van der Waals surface area (Å²) in [6.07, 6.45) is 14.2. The van der Waals surface area contributed by atoms with E-state index in [1.807, 2.05) is 12.1 Å². The van der Waals surface area contributed by atoms with E-state index in [0.29, 0.717) is 6.54 Å². The van der Waals surface area contributed by atoms with Crippen LogP contribution in [0.25, 0.3) is 11.0 Å². The molecular formula is C21H33N3O. The molecule has 1 aromatic carbocycles. The molecule has 0 spiro atoms. The first-order valence-corrected chi connectivity index (χ1v) is 9.98. The van der Waals surface area contributed by atoms with Crippen LogP contribution in [0.4, 0.5) is 0 Å². The van der Waals surface area contributed by atoms with Gasteiger partial charge in [-0.25, -0.2) is 4.98 Å². The van der Waals surface area contributed by atoms with E-state index < -0.39 is 0 Å². The lowest BCUT2D eigenvalue weighted by molar-refractivity contribution is -0.109. The SMILES string of the molecule is CCCCCCCCCCCCn1c(CNC=O)nc2ccccc21. The third-order valence-electron chi connectivity index (χ3n) is 4.81. The molecule has 2 rings (SSSR count). The maximum atomic E-state index is 10.6. The Kier molecular flexibility index (Phi) is 9.09. The van der Waals surface area contributed by atoms with Gasteiger partial charge in [0.25, 0.3) is 0 Å². The Balaban J connectivity index is 1.72. The minimum Gasteiger partial charge on any atom is -0.351 e. The van der Waals surface area contributed by atoms with E-state index in [9.17, 15) is 4.79 Å². The second-order valence-corrected chi connectivity index (χ2v) is 6.85. The van der Waals surface area contributed by atoms with E-state index >= 15 is 0 Å². The molecule has 4 heteroatoms. The standard InChI is InChI=1S/C21H33N3O/c1-2-3-4-5-6-7-8-9-10-13-16-24-20-15-12-11-14-19(20)23-21(24)17-22-18-25/h11-12,14-15,18H,2-10,13,16-17H2,1H3,(H,22,25). The summed E-state index contributed by atoms with van der Waals surface area (Å²) in [7, 11) is 0. The maximum Gasteiger partial charge on any atom is 0.207 e. The highest BCUT2D eigenvalue weighted by Crippen LogP contribution is 2.18. The number of hydrogen-bond acceptors (Lipinski definition) is 2. The van der Waals surface area contributed by atoms with E-state index in [4.69, 9.17) is 0 Å². The summed E-state index contributed by atoms with van der Waals surface area (Å²) in [4.78, 5) is 15.3. The molecule has 1 heterocycles. The van der Waals surface area contributed by atoms with Crippen LogP contribution in [0.5, 0.6) is 0 Å². The molecule has 4 nitrogen and oxygen atoms in total. The average Bonchev–Trinajstić information content (AvgIpc) is 2.99. The predicted octanol–water partition coefficient (Wildman–Crippen LogP) is 5.20. The summed E-state index contributed by atoms with van der Waals surface area (Å²) >= 11 is 0. The van der Waals surface area contributed by atoms with Crippen molar-refractivity contribution in [1.29, 1.82) is 0 Å². The summed E-state index contributed by atoms with van der Waals surface area (Å²) in [6.45, 7) is 3.74. The number of benzene rings is 1. The third-order valence-corrected chi connectivity index (χ3v) is 4.81. The average molecular weight is 344 g/mol. The van der Waals surface area contributed by atoms with Crippen LogP contribution in [0.15, 0.2) is 24.3 Å². The lowest BCUT2D eigenvalue weighted by Crippen LogP contribution is -2.15. The quantitative estimate of drug-likeness (QED) is 0.378. The van der Waals surface area contributed by atoms with Gasteiger partial charge in [-0.2, -0.15) is 0 Å². The Morgan fingerprint density at radius 1 is 0.960 bits per heavy atom. The van der Waals surface area contributed by atoms with Crippen molar-refractivity contribution in [2.45, 2.75) is 84.2 Å². The van der Waals surface area contributed by atoms with Crippen LogP contribution in [-0.4, -0.2) is 16.0 Å². The molecular weight excluding hydrogens is 310 g/mol. The molecule has 1 aromatic heterocycles. The molecule has 25 heavy (non-hydrogen) atoms. The molecule has 2 aromatic rings. The van der Waals surface area contributed by atoms with Gasteiger partial charge >= 0.3 is 0 Å². The Labute approximate surface area is 152 Å². The molecule has 0 radical (unpaired) electrons. The number of para-hydroxylation sites is 2. The fraction of sp³-hybridized carbons (Fsp3) is 0.619. The molecule has 0 aliphatic heterocycles. The number of nitrogens with zero attached hydrogens (tertiary/aromatic N) is 2. The first-order valence-electron chi connectivity index (χ1n) is 9.98. The number of amides is 1. The number of aromatic nitrogens is 2. The molecule has 0 aliphatic carbocycles. The van der Waals surface area contributed by atoms with Gasteiger partial charge in [-0.3, -0.25) is 4.79 Å². The number of rotatable bonds is 14. The Morgan fingerprint density at radius 3 is 2.28 bits per heavy atom. The van der Waals surface area contributed by atoms with Crippen molar-refractivity contribution in [3.05, 3.63) is 30.1 Å². The molecule has 0 aliphatic rings. The van der Waals surface area contributed by atoms with Crippen molar-refractivity contribution in [2.24, 2.45) is 0 Å². The topological polar surface area (TPSA) is 46.9 Å². The zero-order valence-corrected chi connectivity index (χ0v) is 15.7. The van der Waals surface area contributed by atoms with Crippen LogP contribution in [-0.2, 0) is 17.9 Å². The van der Waals surface area contributed by atoms with Crippen LogP contribution >= 0.6 is 0 Å². The van der Waals surface area contributed by atoms with Gasteiger partial charge < -0.3 is 9.88 Å². The predicted molar refractivity (Wildman–Crippen MR) is 104 cm³/mol. The van der Waals surface area contributed by atoms with Crippen molar-refractivity contribution in [1.82, 2.24) is 14.9 Å². The van der Waals surface area contributed by atoms with E-state index in [0.717, 1.165) is 24.3 Å². The van der Waals surface area contributed by atoms with Crippen molar-refractivity contribution in [2.75, 3.05) is 0 Å². The third kappa shape index (κ3) is 6.52. The number of nitrogens with one attached hydrogen (secondary N) is 1. The summed E-state index contributed by atoms with van der Waals surface area (Å²) in [6, 6.07) is 8.21. The van der Waals surface area contributed by atoms with Gasteiger partial charge in [0.1, 0.15) is 5.82 Å². The van der Waals surface area contributed by atoms with E-state index in [1.165, 1.54) is 69.7 Å². The molecule has 0 bridgehead atoms. The summed E-state index contributed by atoms with van der Waals surface area (Å²) in [5.74, 6) is 0.948. The molecule has 138 valence electrons. The van der Waals surface area contributed by atoms with Crippen molar-refractivity contribution in [3.63, 3.8) is 0 Å². The molecule has 0 saturated heterocycles. The number of hydrogen-bond donors (Lipinski definition) is 1. The fourth-order valence-electron chi connectivity index (χ4n) is 3.40. The van der Waals surface area contributed by atoms with Crippen molar-refractivity contribution in [3.8, 4) is 0 Å². The maximum absolute atomic E-state index is 10.6. The normalized spacial score (nSPS) is 11.1. The number of imidazole rings is 1. The highest BCUT2D eigenvalue weighted by Gasteiger charge is 2.09. The van der Waals surface area contributed by atoms with Crippen LogP contribution in [0.3, 0.4) is 0 Å². The van der Waals surface area contributed by atoms with Crippen LogP contribution in [0, 0.1) is 0 Å². The molecule has 1 N–H and O–H groups in total. The van der Waals surface area contributed by atoms with Gasteiger partial charge in [0, 0.05) is 6.54 Å². The molecule has 0 saturated carbocycles. The van der Waals surface area contributed by atoms with Crippen LogP contribution in [0.1, 0.15) is 77.0 Å². The second kappa shape index (κ2) is 11.7. The highest BCUT2D eigenvalue weighted by molar-refractivity contribution is 5.75. The summed E-state index contributed by atoms with van der Waals surface area (Å²) < 4.78 is 2.26. The van der Waals surface area contributed by atoms with Gasteiger partial charge in [0.15, 0.2) is 0 Å². The van der Waals surface area contributed by atoms with Gasteiger partial charge in [-0.05, 0) is 18.6 Å². The number of aryl methyl sites for hydroxylation is 1. The molecule has 0 unspecified atom stereocenters. The monoisotopic (exact) mass is 343 g/mol. The van der Waals surface area contributed by atoms with Crippen molar-refractivity contribution < 1.29 is 4.79 Å². The number of carbonyl (C=O) groups is 1. The molecule has 0 fully saturated rings. The van der Waals surface area contributed by atoms with Gasteiger partial charge in [-0.1, -0.05) is 76.8 Å². The number of carbonyl (C=O) groups excluding carboxylic acids is 1. The van der Waals surface area contributed by atoms with E-state index in [1.54, 1.807) is 0 Å². The highest BCUT2D eigenvalue weighted by atomic mass is 16.1. The Hall–Kier alpha value is -1.84. The van der Waals surface area contributed by atoms with Crippen LogP contribution < -0.4 is 5.32 Å². The number of unbranched alkanes of at least 4 members (excludes halogenated alkanes) is 9. The summed E-state index contributed by atoms with van der Waals surface area (Å²) in [5.41, 5.74) is 2.18. The van der Waals surface area contributed by atoms with E-state index in [-0.39, 0.29) is 0 Å². The van der Waals surface area contributed by atoms with Crippen LogP contribution in [0.2, 0.25) is 0 Å². The zero-order valence-electron chi connectivity index (χ0n) is 15.7. The fourth-order valence-corrected chi connectivity index (χ4v) is 3.40. The lowest BCUT2D eigenvalue weighted by Gasteiger charge is -2.09. The zero-order chi connectivity index (χ0) is 17.7. The van der Waals surface area contributed by atoms with Gasteiger partial charge in [-0.15, -0.1) is 0 Å². The first kappa shape index (κ1) is 19.5. The minimum atomic E-state index is 0.496. The largest absolute Gasteiger partial charge is 0.351 e. The molecule has 0 atom stereocenters. The first-order chi connectivity index (χ1) is 12.4. The molecule has 1 amide bonds. The van der Waals surface area contributed by atoms with Gasteiger partial charge in [0.05, 0.1) is 17.6 Å². The lowest BCUT2D eigenvalue weighted by atomic mass is 10.1. The minimum absolute atomic E-state index is 0.496. The second-order valence-electron chi connectivity index (χ2n) is 6.85. The van der Waals surface area contributed by atoms with Crippen molar-refractivity contribution >= 4 is 17.4 Å². The Morgan fingerprint density at radius 2 is 1.60 bits per heavy atom. The number of fused-ring (bicyclic) bond motifs is 1. The summed E-state index contributed by atoms with van der Waals surface area (Å²) in [5, 5.41) is 2.74. The van der Waals surface area contributed by atoms with E-state index in [2.05, 4.69) is 33.9 Å². The van der Waals surface area contributed by atoms with Gasteiger partial charge in [0.2, 0.25) is 6.41 Å².